The fourth-order valence-corrected chi connectivity index (χ4v) is 0.997. The Balaban J connectivity index is 2.77. The van der Waals surface area contributed by atoms with E-state index in [1.807, 2.05) is 0 Å². The van der Waals surface area contributed by atoms with Crippen molar-refractivity contribution in [2.24, 2.45) is 4.99 Å². The lowest BCUT2D eigenvalue weighted by atomic mass is 10.2. The number of hydrogen-bond acceptors (Lipinski definition) is 4. The summed E-state index contributed by atoms with van der Waals surface area (Å²) in [4.78, 5) is 24.3. The quantitative estimate of drug-likeness (QED) is 0.325. The molecule has 0 unspecified atom stereocenters. The number of aliphatic imine (C=N–C) groups is 1. The molecule has 0 aliphatic carbocycles. The van der Waals surface area contributed by atoms with Crippen LogP contribution in [0.15, 0.2) is 29.3 Å². The Bertz CT molecular complexity index is 490. The number of carbonyl (C=O) groups excluding carboxylic acids is 2. The first-order valence-electron chi connectivity index (χ1n) is 4.50. The average molecular weight is 215 g/mol. The monoisotopic (exact) mass is 215 g/mol. The lowest BCUT2D eigenvalue weighted by Crippen LogP contribution is -1.96. The smallest absolute Gasteiger partial charge is 0.317 e. The van der Waals surface area contributed by atoms with Gasteiger partial charge in [-0.05, 0) is 18.2 Å². The maximum absolute atomic E-state index is 10.8. The molecule has 1 rings (SSSR count). The molecule has 4 heteroatoms. The standard InChI is InChI=1S/C12H9NO3/c1-16-12(15)7-3-5-10-4-2-6-11(8-10)13-9-14/h2,4,6,8H,7H2,1H3. The highest BCUT2D eigenvalue weighted by atomic mass is 16.5. The molecule has 0 radical (unpaired) electrons. The van der Waals surface area contributed by atoms with Crippen LogP contribution < -0.4 is 0 Å². The van der Waals surface area contributed by atoms with Gasteiger partial charge in [-0.1, -0.05) is 17.9 Å². The van der Waals surface area contributed by atoms with Crippen LogP contribution in [0, 0.1) is 11.8 Å². The molecule has 0 atom stereocenters. The number of benzene rings is 1. The molecule has 1 aromatic carbocycles. The molecule has 4 nitrogen and oxygen atoms in total. The lowest BCUT2D eigenvalue weighted by molar-refractivity contribution is -0.139. The maximum atomic E-state index is 10.8. The summed E-state index contributed by atoms with van der Waals surface area (Å²) in [6, 6.07) is 6.78. The number of isocyanates is 1. The minimum atomic E-state index is -0.380. The van der Waals surface area contributed by atoms with Crippen LogP contribution in [-0.4, -0.2) is 19.2 Å². The molecule has 0 heterocycles. The molecule has 0 spiro atoms. The molecule has 0 aromatic heterocycles. The van der Waals surface area contributed by atoms with E-state index in [1.165, 1.54) is 13.2 Å². The van der Waals surface area contributed by atoms with E-state index in [-0.39, 0.29) is 12.4 Å². The maximum Gasteiger partial charge on any atom is 0.317 e. The Morgan fingerprint density at radius 3 is 3.00 bits per heavy atom. The molecule has 1 aromatic rings. The highest BCUT2D eigenvalue weighted by Gasteiger charge is 1.94. The number of nitrogens with zero attached hydrogens (tertiary/aromatic N) is 1. The van der Waals surface area contributed by atoms with E-state index in [2.05, 4.69) is 21.6 Å². The van der Waals surface area contributed by atoms with Crippen LogP contribution in [0.5, 0.6) is 0 Å². The number of ether oxygens (including phenoxy) is 1. The largest absolute Gasteiger partial charge is 0.468 e. The van der Waals surface area contributed by atoms with Crippen molar-refractivity contribution in [3.63, 3.8) is 0 Å². The zero-order chi connectivity index (χ0) is 11.8. The molecular formula is C12H9NO3. The predicted molar refractivity (Wildman–Crippen MR) is 57.7 cm³/mol. The molecule has 80 valence electrons. The summed E-state index contributed by atoms with van der Waals surface area (Å²) in [6.45, 7) is 0. The molecule has 0 amide bonds. The van der Waals surface area contributed by atoms with Gasteiger partial charge in [0.2, 0.25) is 6.08 Å². The number of methoxy groups -OCH3 is 1. The van der Waals surface area contributed by atoms with Gasteiger partial charge in [-0.2, -0.15) is 4.99 Å². The first-order chi connectivity index (χ1) is 7.76. The van der Waals surface area contributed by atoms with Gasteiger partial charge in [0.25, 0.3) is 0 Å². The van der Waals surface area contributed by atoms with Gasteiger partial charge >= 0.3 is 5.97 Å². The fraction of sp³-hybridized carbons (Fsp3) is 0.167. The summed E-state index contributed by atoms with van der Waals surface area (Å²) in [5.74, 6) is 5.04. The zero-order valence-electron chi connectivity index (χ0n) is 8.69. The van der Waals surface area contributed by atoms with Crippen LogP contribution in [0.3, 0.4) is 0 Å². The zero-order valence-corrected chi connectivity index (χ0v) is 8.69. The Hall–Kier alpha value is -2.37. The highest BCUT2D eigenvalue weighted by Crippen LogP contribution is 2.12. The molecular weight excluding hydrogens is 206 g/mol. The van der Waals surface area contributed by atoms with Gasteiger partial charge in [0.15, 0.2) is 0 Å². The summed E-state index contributed by atoms with van der Waals surface area (Å²) in [6.07, 6.45) is 1.49. The number of carbonyl (C=O) groups is 1. The van der Waals surface area contributed by atoms with Crippen molar-refractivity contribution in [1.29, 1.82) is 0 Å². The van der Waals surface area contributed by atoms with E-state index in [9.17, 15) is 9.59 Å². The Labute approximate surface area is 93.0 Å². The van der Waals surface area contributed by atoms with E-state index < -0.39 is 0 Å². The van der Waals surface area contributed by atoms with Gasteiger partial charge in [-0.3, -0.25) is 4.79 Å². The van der Waals surface area contributed by atoms with Crippen molar-refractivity contribution in [2.75, 3.05) is 7.11 Å². The second kappa shape index (κ2) is 6.18. The second-order valence-electron chi connectivity index (χ2n) is 2.81. The van der Waals surface area contributed by atoms with Crippen molar-refractivity contribution in [1.82, 2.24) is 0 Å². The van der Waals surface area contributed by atoms with E-state index in [0.717, 1.165) is 0 Å². The van der Waals surface area contributed by atoms with Gasteiger partial charge in [0.05, 0.1) is 12.8 Å². The molecule has 0 saturated heterocycles. The summed E-state index contributed by atoms with van der Waals surface area (Å²) in [7, 11) is 1.31. The van der Waals surface area contributed by atoms with Gasteiger partial charge in [-0.15, -0.1) is 0 Å². The second-order valence-corrected chi connectivity index (χ2v) is 2.81. The van der Waals surface area contributed by atoms with Gasteiger partial charge in [0.1, 0.15) is 6.42 Å². The first kappa shape index (κ1) is 11.7. The van der Waals surface area contributed by atoms with E-state index in [0.29, 0.717) is 11.3 Å². The number of hydrogen-bond donors (Lipinski definition) is 0. The minimum absolute atomic E-state index is 0.0394. The Kier molecular flexibility index (Phi) is 4.52. The molecule has 0 saturated carbocycles. The molecule has 16 heavy (non-hydrogen) atoms. The van der Waals surface area contributed by atoms with Crippen molar-refractivity contribution in [3.8, 4) is 11.8 Å². The SMILES string of the molecule is COC(=O)CC#Cc1cccc(N=C=O)c1. The highest BCUT2D eigenvalue weighted by molar-refractivity contribution is 5.72. The van der Waals surface area contributed by atoms with Crippen molar-refractivity contribution >= 4 is 17.7 Å². The van der Waals surface area contributed by atoms with Crippen LogP contribution in [0.1, 0.15) is 12.0 Å². The molecule has 0 aliphatic heterocycles. The van der Waals surface area contributed by atoms with E-state index >= 15 is 0 Å². The summed E-state index contributed by atoms with van der Waals surface area (Å²) >= 11 is 0. The van der Waals surface area contributed by atoms with Crippen molar-refractivity contribution < 1.29 is 14.3 Å². The van der Waals surface area contributed by atoms with Crippen LogP contribution in [0.2, 0.25) is 0 Å². The minimum Gasteiger partial charge on any atom is -0.468 e. The Morgan fingerprint density at radius 1 is 1.50 bits per heavy atom. The fourth-order valence-electron chi connectivity index (χ4n) is 0.997. The van der Waals surface area contributed by atoms with Gasteiger partial charge < -0.3 is 4.74 Å². The third-order valence-electron chi connectivity index (χ3n) is 1.71. The van der Waals surface area contributed by atoms with Crippen molar-refractivity contribution in [2.45, 2.75) is 6.42 Å². The van der Waals surface area contributed by atoms with E-state index in [1.54, 1.807) is 24.3 Å². The van der Waals surface area contributed by atoms with Crippen LogP contribution in [0.25, 0.3) is 0 Å². The molecule has 0 aliphatic rings. The first-order valence-corrected chi connectivity index (χ1v) is 4.50. The van der Waals surface area contributed by atoms with Crippen LogP contribution in [0.4, 0.5) is 5.69 Å². The lowest BCUT2D eigenvalue weighted by Gasteiger charge is -1.92. The number of rotatable bonds is 2. The average Bonchev–Trinajstić information content (AvgIpc) is 2.30. The number of esters is 1. The predicted octanol–water partition coefficient (Wildman–Crippen LogP) is 1.57. The third kappa shape index (κ3) is 3.79. The van der Waals surface area contributed by atoms with Crippen molar-refractivity contribution in [3.05, 3.63) is 29.8 Å². The summed E-state index contributed by atoms with van der Waals surface area (Å²) in [5.41, 5.74) is 1.17. The van der Waals surface area contributed by atoms with Gasteiger partial charge in [-0.25, -0.2) is 4.79 Å². The van der Waals surface area contributed by atoms with Crippen LogP contribution >= 0.6 is 0 Å². The summed E-state index contributed by atoms with van der Waals surface area (Å²) < 4.78 is 4.44. The van der Waals surface area contributed by atoms with Crippen LogP contribution in [-0.2, 0) is 14.3 Å². The third-order valence-corrected chi connectivity index (χ3v) is 1.71. The van der Waals surface area contributed by atoms with Gasteiger partial charge in [0, 0.05) is 5.56 Å². The Morgan fingerprint density at radius 2 is 2.31 bits per heavy atom. The normalized spacial score (nSPS) is 8.31. The molecule has 0 N–H and O–H groups in total. The topological polar surface area (TPSA) is 55.7 Å². The summed E-state index contributed by atoms with van der Waals surface area (Å²) in [5, 5.41) is 0. The molecule has 0 fully saturated rings. The molecule has 0 bridgehead atoms. The van der Waals surface area contributed by atoms with E-state index in [4.69, 9.17) is 0 Å².